The zero-order valence-corrected chi connectivity index (χ0v) is 20.8. The lowest BCUT2D eigenvalue weighted by Gasteiger charge is -2.64. The summed E-state index contributed by atoms with van der Waals surface area (Å²) >= 11 is 0. The second-order valence-corrected chi connectivity index (χ2v) is 13.2. The van der Waals surface area contributed by atoms with Gasteiger partial charge in [0.1, 0.15) is 0 Å². The van der Waals surface area contributed by atoms with Gasteiger partial charge in [-0.15, -0.1) is 0 Å². The van der Waals surface area contributed by atoms with Crippen LogP contribution in [0, 0.1) is 46.3 Å². The number of aliphatic hydroxyl groups excluding tert-OH is 2. The molecule has 0 aromatic heterocycles. The van der Waals surface area contributed by atoms with Crippen molar-refractivity contribution in [2.24, 2.45) is 46.3 Å². The highest BCUT2D eigenvalue weighted by Gasteiger charge is 2.65. The van der Waals surface area contributed by atoms with Crippen LogP contribution in [0.3, 0.4) is 0 Å². The van der Waals surface area contributed by atoms with Crippen LogP contribution in [0.2, 0.25) is 0 Å². The van der Waals surface area contributed by atoms with E-state index >= 15 is 0 Å². The number of aliphatic hydroxyl groups is 2. The zero-order chi connectivity index (χ0) is 24.3. The lowest BCUT2D eigenvalue weighted by atomic mass is 9.42. The standard InChI is InChI=1S/C24H41NO7S/c1-13(4-7-21(28)29)16-5-6-17-22-18(12-20(27)24(16,17)3)23(2)9-8-15(26)10-14(23)11-19(22)25-33(30,31)32/h13-20,22,25-27H,4-12H2,1-3H3,(H,28,29)(H,30,31,32)/p-1/t13-,14+,15-,16-,17+,18+,19-,20+,22+,23+,24-/m1/s1. The predicted molar refractivity (Wildman–Crippen MR) is 121 cm³/mol. The Kier molecular flexibility index (Phi) is 6.71. The third-order valence-corrected chi connectivity index (χ3v) is 11.3. The van der Waals surface area contributed by atoms with Gasteiger partial charge in [0, 0.05) is 12.5 Å². The number of nitrogens with one attached hydrogen (secondary N) is 1. The SMILES string of the molecule is C[C@H](CCC(=O)O)[C@H]1CC[C@H]2[C@@H]3[C@H](NS(=O)(=O)[O-])C[C@@H]4C[C@H](O)CC[C@]4(C)[C@H]3C[C@H](O)[C@]12C. The van der Waals surface area contributed by atoms with Crippen molar-refractivity contribution >= 4 is 16.3 Å². The fourth-order valence-corrected chi connectivity index (χ4v) is 9.66. The number of hydrogen-bond acceptors (Lipinski definition) is 6. The Morgan fingerprint density at radius 1 is 1.12 bits per heavy atom. The van der Waals surface area contributed by atoms with Crippen LogP contribution < -0.4 is 4.72 Å². The average Bonchev–Trinajstić information content (AvgIpc) is 3.05. The van der Waals surface area contributed by atoms with Crippen molar-refractivity contribution < 1.29 is 33.1 Å². The molecule has 8 nitrogen and oxygen atoms in total. The molecule has 4 aliphatic rings. The first-order valence-electron chi connectivity index (χ1n) is 12.6. The first kappa shape index (κ1) is 25.4. The van der Waals surface area contributed by atoms with E-state index in [1.165, 1.54) is 0 Å². The summed E-state index contributed by atoms with van der Waals surface area (Å²) in [5.74, 6) is -0.340. The molecule has 0 bridgehead atoms. The van der Waals surface area contributed by atoms with E-state index < -0.39 is 39.9 Å². The molecular weight excluding hydrogens is 446 g/mol. The van der Waals surface area contributed by atoms with Crippen LogP contribution in [-0.4, -0.2) is 52.5 Å². The van der Waals surface area contributed by atoms with Crippen molar-refractivity contribution in [2.45, 2.75) is 96.8 Å². The predicted octanol–water partition coefficient (Wildman–Crippen LogP) is 2.51. The molecule has 0 aromatic rings. The molecule has 4 saturated carbocycles. The van der Waals surface area contributed by atoms with Crippen LogP contribution in [0.1, 0.15) is 78.6 Å². The maximum atomic E-state index is 11.8. The van der Waals surface area contributed by atoms with E-state index in [-0.39, 0.29) is 47.3 Å². The highest BCUT2D eigenvalue weighted by Crippen LogP contribution is 2.68. The molecule has 4 N–H and O–H groups in total. The van der Waals surface area contributed by atoms with Gasteiger partial charge in [-0.3, -0.25) is 4.79 Å². The van der Waals surface area contributed by atoms with Crippen LogP contribution in [-0.2, 0) is 15.1 Å². The van der Waals surface area contributed by atoms with E-state index in [0.717, 1.165) is 19.3 Å². The Morgan fingerprint density at radius 3 is 2.45 bits per heavy atom. The smallest absolute Gasteiger partial charge is 0.303 e. The van der Waals surface area contributed by atoms with E-state index in [9.17, 15) is 28.0 Å². The number of aliphatic carboxylic acids is 1. The molecule has 0 aromatic carbocycles. The molecule has 4 fully saturated rings. The monoisotopic (exact) mass is 486 g/mol. The van der Waals surface area contributed by atoms with Gasteiger partial charge < -0.3 is 19.9 Å². The summed E-state index contributed by atoms with van der Waals surface area (Å²) in [6.45, 7) is 6.41. The number of rotatable bonds is 6. The first-order valence-corrected chi connectivity index (χ1v) is 14.0. The summed E-state index contributed by atoms with van der Waals surface area (Å²) in [6, 6.07) is -0.495. The molecule has 11 atom stereocenters. The van der Waals surface area contributed by atoms with Gasteiger partial charge in [-0.25, -0.2) is 13.1 Å². The topological polar surface area (TPSA) is 147 Å². The van der Waals surface area contributed by atoms with Gasteiger partial charge in [0.25, 0.3) is 0 Å². The van der Waals surface area contributed by atoms with Crippen molar-refractivity contribution in [3.05, 3.63) is 0 Å². The first-order chi connectivity index (χ1) is 15.3. The van der Waals surface area contributed by atoms with Crippen LogP contribution in [0.4, 0.5) is 0 Å². The number of carboxylic acid groups (broad SMARTS) is 1. The van der Waals surface area contributed by atoms with Crippen LogP contribution in [0.15, 0.2) is 0 Å². The quantitative estimate of drug-likeness (QED) is 0.422. The molecule has 0 spiro atoms. The molecule has 190 valence electrons. The Labute approximate surface area is 197 Å². The molecule has 4 aliphatic carbocycles. The molecule has 0 heterocycles. The highest BCUT2D eigenvalue weighted by atomic mass is 32.2. The van der Waals surface area contributed by atoms with Crippen LogP contribution >= 0.6 is 0 Å². The fraction of sp³-hybridized carbons (Fsp3) is 0.958. The fourth-order valence-electron chi connectivity index (χ4n) is 9.04. The third kappa shape index (κ3) is 4.37. The highest BCUT2D eigenvalue weighted by molar-refractivity contribution is 7.83. The maximum absolute atomic E-state index is 11.8. The third-order valence-electron chi connectivity index (χ3n) is 10.7. The van der Waals surface area contributed by atoms with Crippen molar-refractivity contribution in [2.75, 3.05) is 0 Å². The van der Waals surface area contributed by atoms with Gasteiger partial charge in [-0.05, 0) is 97.7 Å². The molecule has 0 amide bonds. The van der Waals surface area contributed by atoms with Crippen molar-refractivity contribution in [3.8, 4) is 0 Å². The molecule has 0 radical (unpaired) electrons. The molecule has 33 heavy (non-hydrogen) atoms. The van der Waals surface area contributed by atoms with Crippen molar-refractivity contribution in [1.29, 1.82) is 0 Å². The molecule has 0 saturated heterocycles. The lowest BCUT2D eigenvalue weighted by Crippen LogP contribution is -2.65. The van der Waals surface area contributed by atoms with Crippen molar-refractivity contribution in [3.63, 3.8) is 0 Å². The zero-order valence-electron chi connectivity index (χ0n) is 19.9. The minimum atomic E-state index is -4.65. The van der Waals surface area contributed by atoms with E-state index in [4.69, 9.17) is 5.11 Å². The second kappa shape index (κ2) is 8.73. The maximum Gasteiger partial charge on any atom is 0.303 e. The number of hydrogen-bond donors (Lipinski definition) is 4. The van der Waals surface area contributed by atoms with E-state index in [2.05, 4.69) is 25.5 Å². The Balaban J connectivity index is 1.69. The minimum Gasteiger partial charge on any atom is -0.735 e. The van der Waals surface area contributed by atoms with Gasteiger partial charge >= 0.3 is 5.97 Å². The van der Waals surface area contributed by atoms with Crippen LogP contribution in [0.25, 0.3) is 0 Å². The Hall–Kier alpha value is -0.740. The van der Waals surface area contributed by atoms with E-state index in [1.807, 2.05) is 0 Å². The second-order valence-electron chi connectivity index (χ2n) is 12.0. The Bertz CT molecular complexity index is 865. The summed E-state index contributed by atoms with van der Waals surface area (Å²) in [7, 11) is -4.65. The van der Waals surface area contributed by atoms with E-state index in [1.54, 1.807) is 0 Å². The summed E-state index contributed by atoms with van der Waals surface area (Å²) in [6.07, 6.45) is 4.65. The van der Waals surface area contributed by atoms with E-state index in [0.29, 0.717) is 32.1 Å². The summed E-state index contributed by atoms with van der Waals surface area (Å²) in [5.41, 5.74) is -0.549. The Morgan fingerprint density at radius 2 is 1.82 bits per heavy atom. The number of fused-ring (bicyclic) bond motifs is 5. The molecule has 0 aliphatic heterocycles. The number of carbonyl (C=O) groups is 1. The van der Waals surface area contributed by atoms with Gasteiger partial charge in [0.2, 0.25) is 0 Å². The minimum absolute atomic E-state index is 0.0460. The van der Waals surface area contributed by atoms with Gasteiger partial charge in [-0.1, -0.05) is 20.8 Å². The lowest BCUT2D eigenvalue weighted by molar-refractivity contribution is -0.182. The summed E-state index contributed by atoms with van der Waals surface area (Å²) in [4.78, 5) is 11.1. The molecule has 4 rings (SSSR count). The largest absolute Gasteiger partial charge is 0.735 e. The van der Waals surface area contributed by atoms with Gasteiger partial charge in [0.05, 0.1) is 12.2 Å². The van der Waals surface area contributed by atoms with Crippen LogP contribution in [0.5, 0.6) is 0 Å². The average molecular weight is 487 g/mol. The summed E-state index contributed by atoms with van der Waals surface area (Å²) < 4.78 is 37.9. The van der Waals surface area contributed by atoms with Crippen molar-refractivity contribution in [1.82, 2.24) is 4.72 Å². The van der Waals surface area contributed by atoms with Gasteiger partial charge in [0.15, 0.2) is 10.3 Å². The number of carboxylic acids is 1. The normalized spacial score (nSPS) is 48.4. The molecule has 0 unspecified atom stereocenters. The molecule has 9 heteroatoms. The molecular formula is C24H40NO7S-. The van der Waals surface area contributed by atoms with Gasteiger partial charge in [-0.2, -0.15) is 0 Å². The summed E-state index contributed by atoms with van der Waals surface area (Å²) in [5, 5.41) is 31.0.